The second kappa shape index (κ2) is 31.7. The first kappa shape index (κ1) is 65.8. The highest BCUT2D eigenvalue weighted by Gasteiger charge is 2.37. The molecule has 0 aromatic heterocycles. The Kier molecular flexibility index (Phi) is 31.6. The molecule has 0 spiro atoms. The number of rotatable bonds is 28. The van der Waals surface area contributed by atoms with E-state index in [9.17, 15) is 9.59 Å². The first-order chi connectivity index (χ1) is 29.2. The third-order valence-corrected chi connectivity index (χ3v) is 27.0. The molecule has 0 unspecified atom stereocenters. The lowest BCUT2D eigenvalue weighted by Gasteiger charge is -2.39. The highest BCUT2D eigenvalue weighted by Crippen LogP contribution is 2.46. The summed E-state index contributed by atoms with van der Waals surface area (Å²) < 4.78 is 47.0. The number of benzene rings is 2. The highest BCUT2D eigenvalue weighted by molar-refractivity contribution is 6.85. The summed E-state index contributed by atoms with van der Waals surface area (Å²) >= 11 is 0. The Morgan fingerprint density at radius 1 is 0.515 bits per heavy atom. The van der Waals surface area contributed by atoms with Crippen LogP contribution in [0.1, 0.15) is 138 Å². The van der Waals surface area contributed by atoms with E-state index in [-0.39, 0.29) is 49.8 Å². The van der Waals surface area contributed by atoms with Crippen LogP contribution in [0, 0.1) is 13.8 Å². The molecule has 0 atom stereocenters. The number of hydrogen-bond donors (Lipinski definition) is 0. The Bertz CT molecular complexity index is 1550. The van der Waals surface area contributed by atoms with E-state index in [2.05, 4.69) is 90.5 Å². The van der Waals surface area contributed by atoms with Gasteiger partial charge in [-0.1, -0.05) is 113 Å². The Morgan fingerprint density at radius 3 is 1.20 bits per heavy atom. The highest BCUT2D eigenvalue weighted by atomic mass is 28.4. The van der Waals surface area contributed by atoms with Crippen molar-refractivity contribution in [3.63, 3.8) is 0 Å². The smallest absolute Gasteiger partial charge is 0.455 e. The standard InChI is InChI=1S/C48H84O10Si4.4CH4.H2/c1-13-15-34-59(5,6)57-61(9,10)36-20-28-51-30-32-53-46(49)55-44-24-22-42(38-40(44)3)48(26-18-17-19-27-48)43-23-25-45(41(4)39-43)56-47(50)54-33-31-52-29-21-37-62(11,12)58-60(7,8)35-16-14-2;;;;;/h22-25,38-39H,13-21,26-37H2,1-12H3;4*1H4;1H. The summed E-state index contributed by atoms with van der Waals surface area (Å²) in [5, 5.41) is 0. The molecule has 10 nitrogen and oxygen atoms in total. The zero-order chi connectivity index (χ0) is 45.9. The van der Waals surface area contributed by atoms with Crippen molar-refractivity contribution in [1.82, 2.24) is 0 Å². The van der Waals surface area contributed by atoms with Crippen molar-refractivity contribution >= 4 is 45.6 Å². The summed E-state index contributed by atoms with van der Waals surface area (Å²) in [5.74, 6) is 0.955. The zero-order valence-corrected chi connectivity index (χ0v) is 44.9. The van der Waals surface area contributed by atoms with E-state index in [0.29, 0.717) is 37.9 Å². The van der Waals surface area contributed by atoms with Gasteiger partial charge in [0, 0.05) is 20.1 Å². The molecule has 0 aliphatic heterocycles. The van der Waals surface area contributed by atoms with Crippen molar-refractivity contribution in [2.24, 2.45) is 0 Å². The van der Waals surface area contributed by atoms with Crippen LogP contribution in [0.5, 0.6) is 11.5 Å². The van der Waals surface area contributed by atoms with E-state index < -0.39 is 45.6 Å². The third-order valence-electron chi connectivity index (χ3n) is 11.9. The predicted octanol–water partition coefficient (Wildman–Crippen LogP) is 16.6. The van der Waals surface area contributed by atoms with Crippen LogP contribution < -0.4 is 9.47 Å². The molecule has 0 bridgehead atoms. The largest absolute Gasteiger partial charge is 0.513 e. The molecular formula is C52H102O10Si4. The van der Waals surface area contributed by atoms with Gasteiger partial charge in [0.2, 0.25) is 0 Å². The average Bonchev–Trinajstić information content (AvgIpc) is 3.19. The molecule has 3 rings (SSSR count). The maximum absolute atomic E-state index is 12.6. The van der Waals surface area contributed by atoms with E-state index in [1.54, 1.807) is 0 Å². The topological polar surface area (TPSA) is 108 Å². The van der Waals surface area contributed by atoms with Gasteiger partial charge in [0.25, 0.3) is 0 Å². The van der Waals surface area contributed by atoms with E-state index in [4.69, 9.17) is 36.7 Å². The van der Waals surface area contributed by atoms with Gasteiger partial charge < -0.3 is 36.7 Å². The average molecular weight is 1000 g/mol. The molecule has 1 saturated carbocycles. The number of carbonyl (C=O) groups excluding carboxylic acids is 2. The Morgan fingerprint density at radius 2 is 0.864 bits per heavy atom. The third kappa shape index (κ3) is 23.8. The van der Waals surface area contributed by atoms with E-state index in [0.717, 1.165) is 61.7 Å². The lowest BCUT2D eigenvalue weighted by Crippen LogP contribution is -2.44. The van der Waals surface area contributed by atoms with Gasteiger partial charge in [-0.15, -0.1) is 0 Å². The van der Waals surface area contributed by atoms with Gasteiger partial charge in [-0.25, -0.2) is 9.59 Å². The van der Waals surface area contributed by atoms with Crippen molar-refractivity contribution in [2.45, 2.75) is 210 Å². The van der Waals surface area contributed by atoms with Crippen LogP contribution in [-0.4, -0.2) is 85.2 Å². The van der Waals surface area contributed by atoms with Gasteiger partial charge in [0.15, 0.2) is 33.3 Å². The van der Waals surface area contributed by atoms with Crippen molar-refractivity contribution in [1.29, 1.82) is 0 Å². The normalized spacial score (nSPS) is 13.8. The fraction of sp³-hybridized carbons (Fsp3) is 0.731. The summed E-state index contributed by atoms with van der Waals surface area (Å²) in [6, 6.07) is 16.7. The van der Waals surface area contributed by atoms with Gasteiger partial charge in [0.1, 0.15) is 24.7 Å². The van der Waals surface area contributed by atoms with Crippen LogP contribution in [-0.2, 0) is 32.6 Å². The maximum Gasteiger partial charge on any atom is 0.513 e. The lowest BCUT2D eigenvalue weighted by atomic mass is 9.65. The monoisotopic (exact) mass is 999 g/mol. The van der Waals surface area contributed by atoms with Crippen LogP contribution in [0.2, 0.25) is 76.6 Å². The minimum absolute atomic E-state index is 0. The van der Waals surface area contributed by atoms with Gasteiger partial charge in [-0.3, -0.25) is 0 Å². The quantitative estimate of drug-likeness (QED) is 0.0354. The first-order valence-corrected chi connectivity index (χ1v) is 36.2. The molecule has 1 aliphatic carbocycles. The van der Waals surface area contributed by atoms with Gasteiger partial charge in [-0.05, 0) is 150 Å². The minimum atomic E-state index is -1.74. The summed E-state index contributed by atoms with van der Waals surface area (Å²) in [6.07, 6.45) is 10.7. The molecule has 0 heterocycles. The van der Waals surface area contributed by atoms with Gasteiger partial charge in [0.05, 0.1) is 13.2 Å². The summed E-state index contributed by atoms with van der Waals surface area (Å²) in [5.41, 5.74) is 3.87. The Balaban J connectivity index is -0.00000819. The van der Waals surface area contributed by atoms with Crippen LogP contribution >= 0.6 is 0 Å². The summed E-state index contributed by atoms with van der Waals surface area (Å²) in [7, 11) is -6.71. The van der Waals surface area contributed by atoms with Crippen LogP contribution in [0.3, 0.4) is 0 Å². The van der Waals surface area contributed by atoms with Gasteiger partial charge in [-0.2, -0.15) is 0 Å². The molecule has 0 radical (unpaired) electrons. The molecule has 14 heteroatoms. The van der Waals surface area contributed by atoms with Gasteiger partial charge >= 0.3 is 12.3 Å². The first-order valence-electron chi connectivity index (χ1n) is 23.7. The fourth-order valence-electron chi connectivity index (χ4n) is 8.94. The van der Waals surface area contributed by atoms with Crippen molar-refractivity contribution < 1.29 is 47.7 Å². The minimum Gasteiger partial charge on any atom is -0.455 e. The molecule has 2 aromatic rings. The fourth-order valence-corrected chi connectivity index (χ4v) is 26.9. The van der Waals surface area contributed by atoms with Crippen molar-refractivity contribution in [3.05, 3.63) is 58.7 Å². The summed E-state index contributed by atoms with van der Waals surface area (Å²) in [6.45, 7) is 29.1. The SMILES string of the molecule is C.C.C.C.CCCC[Si](C)(C)O[Si](C)(C)CCCOCCOC(=O)Oc1ccc(C2(c3ccc(OC(=O)OCCOCCC[Si](C)(C)O[Si](C)(C)CCCC)c(C)c3)CCCCC2)cc1C.[HH]. The number of carbonyl (C=O) groups is 2. The van der Waals surface area contributed by atoms with Crippen molar-refractivity contribution in [3.8, 4) is 11.5 Å². The molecule has 0 N–H and O–H groups in total. The van der Waals surface area contributed by atoms with E-state index >= 15 is 0 Å². The molecule has 386 valence electrons. The second-order valence-corrected chi connectivity index (χ2v) is 37.6. The van der Waals surface area contributed by atoms with Crippen LogP contribution in [0.4, 0.5) is 9.59 Å². The second-order valence-electron chi connectivity index (χ2n) is 19.9. The van der Waals surface area contributed by atoms with Crippen LogP contribution in [0.25, 0.3) is 0 Å². The molecule has 1 fully saturated rings. The molecule has 2 aromatic carbocycles. The molecule has 0 amide bonds. The molecular weight excluding hydrogens is 897 g/mol. The Hall–Kier alpha value is -2.31. The molecule has 0 saturated heterocycles. The molecule has 66 heavy (non-hydrogen) atoms. The zero-order valence-electron chi connectivity index (χ0n) is 40.9. The lowest BCUT2D eigenvalue weighted by molar-refractivity contribution is 0.0517. The maximum atomic E-state index is 12.6. The predicted molar refractivity (Wildman–Crippen MR) is 291 cm³/mol. The number of ether oxygens (including phenoxy) is 6. The van der Waals surface area contributed by atoms with E-state index in [1.807, 2.05) is 26.0 Å². The van der Waals surface area contributed by atoms with Crippen molar-refractivity contribution in [2.75, 3.05) is 39.6 Å². The van der Waals surface area contributed by atoms with E-state index in [1.165, 1.54) is 55.3 Å². The molecule has 1 aliphatic rings. The van der Waals surface area contributed by atoms with Crippen LogP contribution in [0.15, 0.2) is 36.4 Å². The summed E-state index contributed by atoms with van der Waals surface area (Å²) in [4.78, 5) is 25.3. The number of unbranched alkanes of at least 4 members (excludes halogenated alkanes) is 2. The number of aryl methyl sites for hydroxylation is 2. The Labute approximate surface area is 411 Å². The number of hydrogen-bond acceptors (Lipinski definition) is 10.